The number of carboxylic acid groups (broad SMARTS) is 1. The van der Waals surface area contributed by atoms with Crippen LogP contribution in [0, 0.1) is 0 Å². The van der Waals surface area contributed by atoms with Gasteiger partial charge in [0.05, 0.1) is 6.04 Å². The van der Waals surface area contributed by atoms with Crippen molar-refractivity contribution < 1.29 is 24.9 Å². The molecule has 0 bridgehead atoms. The number of nitrogens with two attached hydrogens (primary N) is 1. The van der Waals surface area contributed by atoms with E-state index in [1.807, 2.05) is 0 Å². The highest BCUT2D eigenvalue weighted by molar-refractivity contribution is 5.73. The average molecular weight is 163 g/mol. The van der Waals surface area contributed by atoms with Crippen LogP contribution >= 0.6 is 0 Å². The standard InChI is InChI=1S/C5H9NO5/c6-1-2(7)5(10)11-3(1)4(8)9/h1-3,5,7,10H,6H2,(H,8,9)/t1-,2-,3+,5+/m1/s1. The Bertz CT molecular complexity index is 172. The second-order valence-electron chi connectivity index (χ2n) is 2.35. The maximum absolute atomic E-state index is 10.3. The zero-order valence-corrected chi connectivity index (χ0v) is 5.54. The largest absolute Gasteiger partial charge is 0.479 e. The number of aliphatic hydroxyl groups is 2. The van der Waals surface area contributed by atoms with Crippen LogP contribution in [0.2, 0.25) is 0 Å². The minimum Gasteiger partial charge on any atom is -0.479 e. The highest BCUT2D eigenvalue weighted by atomic mass is 16.6. The van der Waals surface area contributed by atoms with Crippen LogP contribution in [0.15, 0.2) is 0 Å². The van der Waals surface area contributed by atoms with Crippen LogP contribution in [-0.2, 0) is 9.53 Å². The van der Waals surface area contributed by atoms with E-state index in [0.717, 1.165) is 0 Å². The minimum absolute atomic E-state index is 1.07. The third-order valence-corrected chi connectivity index (χ3v) is 1.57. The molecule has 0 radical (unpaired) electrons. The molecule has 0 spiro atoms. The third kappa shape index (κ3) is 1.33. The van der Waals surface area contributed by atoms with Crippen LogP contribution in [0.5, 0.6) is 0 Å². The van der Waals surface area contributed by atoms with E-state index in [0.29, 0.717) is 0 Å². The number of carboxylic acids is 1. The average Bonchev–Trinajstić information content (AvgIpc) is 2.17. The van der Waals surface area contributed by atoms with Crippen molar-refractivity contribution in [2.75, 3.05) is 0 Å². The minimum atomic E-state index is -1.49. The molecule has 0 amide bonds. The molecule has 4 atom stereocenters. The smallest absolute Gasteiger partial charge is 0.334 e. The summed E-state index contributed by atoms with van der Waals surface area (Å²) in [6.07, 6.45) is -4.14. The van der Waals surface area contributed by atoms with E-state index < -0.39 is 30.5 Å². The molecule has 0 saturated carbocycles. The van der Waals surface area contributed by atoms with Crippen molar-refractivity contribution >= 4 is 5.97 Å². The second-order valence-corrected chi connectivity index (χ2v) is 2.35. The van der Waals surface area contributed by atoms with Crippen LogP contribution in [0.3, 0.4) is 0 Å². The molecule has 11 heavy (non-hydrogen) atoms. The monoisotopic (exact) mass is 163 g/mol. The number of hydrogen-bond acceptors (Lipinski definition) is 5. The number of ether oxygens (including phenoxy) is 1. The van der Waals surface area contributed by atoms with E-state index in [1.54, 1.807) is 0 Å². The lowest BCUT2D eigenvalue weighted by Crippen LogP contribution is -2.43. The first-order valence-electron chi connectivity index (χ1n) is 3.04. The number of aliphatic carboxylic acids is 1. The second kappa shape index (κ2) is 2.74. The molecular weight excluding hydrogens is 154 g/mol. The summed E-state index contributed by atoms with van der Waals surface area (Å²) >= 11 is 0. The first kappa shape index (κ1) is 8.41. The Balaban J connectivity index is 2.67. The molecule has 0 aromatic heterocycles. The van der Waals surface area contributed by atoms with Crippen LogP contribution in [0.25, 0.3) is 0 Å². The molecule has 1 fully saturated rings. The quantitative estimate of drug-likeness (QED) is 0.339. The molecule has 1 rings (SSSR count). The van der Waals surface area contributed by atoms with E-state index in [-0.39, 0.29) is 0 Å². The summed E-state index contributed by atoms with van der Waals surface area (Å²) in [6, 6.07) is -1.07. The fourth-order valence-corrected chi connectivity index (χ4v) is 0.913. The summed E-state index contributed by atoms with van der Waals surface area (Å²) < 4.78 is 4.43. The Morgan fingerprint density at radius 2 is 2.00 bits per heavy atom. The van der Waals surface area contributed by atoms with Crippen LogP contribution < -0.4 is 5.73 Å². The van der Waals surface area contributed by atoms with E-state index >= 15 is 0 Å². The lowest BCUT2D eigenvalue weighted by molar-refractivity contribution is -0.164. The lowest BCUT2D eigenvalue weighted by atomic mass is 10.1. The number of rotatable bonds is 1. The van der Waals surface area contributed by atoms with Gasteiger partial charge in [-0.05, 0) is 0 Å². The van der Waals surface area contributed by atoms with Gasteiger partial charge in [0, 0.05) is 0 Å². The normalized spacial score (nSPS) is 44.3. The van der Waals surface area contributed by atoms with Gasteiger partial charge in [-0.25, -0.2) is 4.79 Å². The highest BCUT2D eigenvalue weighted by Crippen LogP contribution is 2.17. The zero-order valence-electron chi connectivity index (χ0n) is 5.54. The molecule has 5 N–H and O–H groups in total. The number of carbonyl (C=O) groups is 1. The molecule has 1 saturated heterocycles. The molecule has 6 nitrogen and oxygen atoms in total. The maximum atomic E-state index is 10.3. The van der Waals surface area contributed by atoms with E-state index in [4.69, 9.17) is 21.1 Å². The lowest BCUT2D eigenvalue weighted by Gasteiger charge is -2.09. The van der Waals surface area contributed by atoms with Crippen molar-refractivity contribution in [2.24, 2.45) is 5.73 Å². The third-order valence-electron chi connectivity index (χ3n) is 1.57. The van der Waals surface area contributed by atoms with Gasteiger partial charge in [0.2, 0.25) is 0 Å². The van der Waals surface area contributed by atoms with Gasteiger partial charge in [0.15, 0.2) is 12.4 Å². The first-order valence-corrected chi connectivity index (χ1v) is 3.04. The van der Waals surface area contributed by atoms with Gasteiger partial charge in [0.25, 0.3) is 0 Å². The van der Waals surface area contributed by atoms with Crippen LogP contribution in [0.4, 0.5) is 0 Å². The summed E-state index contributed by atoms with van der Waals surface area (Å²) in [6.45, 7) is 0. The van der Waals surface area contributed by atoms with Crippen molar-refractivity contribution in [1.82, 2.24) is 0 Å². The molecule has 0 aromatic carbocycles. The fraction of sp³-hybridized carbons (Fsp3) is 0.800. The molecule has 1 aliphatic heterocycles. The predicted octanol–water partition coefficient (Wildman–Crippen LogP) is -2.52. The Morgan fingerprint density at radius 3 is 2.18 bits per heavy atom. The number of hydrogen-bond donors (Lipinski definition) is 4. The predicted molar refractivity (Wildman–Crippen MR) is 32.5 cm³/mol. The maximum Gasteiger partial charge on any atom is 0.334 e. The molecule has 0 aliphatic carbocycles. The molecule has 64 valence electrons. The topological polar surface area (TPSA) is 113 Å². The van der Waals surface area contributed by atoms with Crippen LogP contribution in [-0.4, -0.2) is 45.8 Å². The molecule has 6 heteroatoms. The molecule has 1 heterocycles. The number of aliphatic hydroxyl groups excluding tert-OH is 2. The molecule has 1 aliphatic rings. The Kier molecular flexibility index (Phi) is 2.10. The highest BCUT2D eigenvalue weighted by Gasteiger charge is 2.44. The first-order chi connectivity index (χ1) is 5.04. The SMILES string of the molecule is N[C@@H]1[C@@H](O)[C@@H](O)O[C@@H]1C(=O)O. The zero-order chi connectivity index (χ0) is 8.59. The Hall–Kier alpha value is -0.690. The molecular formula is C5H9NO5. The van der Waals surface area contributed by atoms with Crippen molar-refractivity contribution in [3.63, 3.8) is 0 Å². The summed E-state index contributed by atoms with van der Waals surface area (Å²) in [5, 5.41) is 26.1. The van der Waals surface area contributed by atoms with Crippen molar-refractivity contribution in [3.8, 4) is 0 Å². The van der Waals surface area contributed by atoms with Gasteiger partial charge in [-0.2, -0.15) is 0 Å². The van der Waals surface area contributed by atoms with Gasteiger partial charge in [-0.1, -0.05) is 0 Å². The summed E-state index contributed by atoms with van der Waals surface area (Å²) in [5.74, 6) is -1.28. The Labute approximate surface area is 62.2 Å². The van der Waals surface area contributed by atoms with Gasteiger partial charge >= 0.3 is 5.97 Å². The van der Waals surface area contributed by atoms with Gasteiger partial charge < -0.3 is 25.8 Å². The van der Waals surface area contributed by atoms with Crippen molar-refractivity contribution in [2.45, 2.75) is 24.5 Å². The molecule has 0 aromatic rings. The summed E-state index contributed by atoms with van der Waals surface area (Å²) in [4.78, 5) is 10.3. The van der Waals surface area contributed by atoms with Crippen LogP contribution in [0.1, 0.15) is 0 Å². The molecule has 0 unspecified atom stereocenters. The summed E-state index contributed by atoms with van der Waals surface area (Å²) in [7, 11) is 0. The summed E-state index contributed by atoms with van der Waals surface area (Å²) in [5.41, 5.74) is 5.20. The Morgan fingerprint density at radius 1 is 1.45 bits per heavy atom. The van der Waals surface area contributed by atoms with Crippen molar-refractivity contribution in [3.05, 3.63) is 0 Å². The van der Waals surface area contributed by atoms with Crippen molar-refractivity contribution in [1.29, 1.82) is 0 Å². The van der Waals surface area contributed by atoms with E-state index in [1.165, 1.54) is 0 Å². The van der Waals surface area contributed by atoms with Gasteiger partial charge in [-0.3, -0.25) is 0 Å². The van der Waals surface area contributed by atoms with E-state index in [9.17, 15) is 4.79 Å². The van der Waals surface area contributed by atoms with Gasteiger partial charge in [-0.15, -0.1) is 0 Å². The van der Waals surface area contributed by atoms with E-state index in [2.05, 4.69) is 4.74 Å². The van der Waals surface area contributed by atoms with Gasteiger partial charge in [0.1, 0.15) is 6.10 Å². The fourth-order valence-electron chi connectivity index (χ4n) is 0.913.